The zero-order chi connectivity index (χ0) is 19.7. The van der Waals surface area contributed by atoms with Gasteiger partial charge in [0.15, 0.2) is 0 Å². The Morgan fingerprint density at radius 2 is 1.64 bits per heavy atom. The van der Waals surface area contributed by atoms with Gasteiger partial charge in [-0.15, -0.1) is 0 Å². The predicted octanol–water partition coefficient (Wildman–Crippen LogP) is 8.02. The topological polar surface area (TPSA) is 0 Å². The van der Waals surface area contributed by atoms with Crippen LogP contribution in [-0.2, 0) is 18.3 Å². The van der Waals surface area contributed by atoms with Gasteiger partial charge in [-0.3, -0.25) is 0 Å². The molecule has 3 aromatic rings. The molecule has 0 atom stereocenters. The van der Waals surface area contributed by atoms with Crippen LogP contribution in [0.25, 0.3) is 21.9 Å². The van der Waals surface area contributed by atoms with Crippen molar-refractivity contribution in [3.05, 3.63) is 83.4 Å². The van der Waals surface area contributed by atoms with E-state index in [9.17, 15) is 0 Å². The molecule has 1 aliphatic carbocycles. The van der Waals surface area contributed by atoms with E-state index >= 15 is 0 Å². The molecule has 0 saturated heterocycles. The molecule has 3 aromatic carbocycles. The standard InChI is InChI=1S/C28H32/c1-5-8-11-21-14-15-22-19-26-24(18-23(22)17-21)16-20(4)28(6-2,7-3)27-13-10-9-12-25(26)27/h9-10,12-15,17-19H,4-8,11,16H2,1-3H3. The summed E-state index contributed by atoms with van der Waals surface area (Å²) in [5, 5.41) is 2.72. The van der Waals surface area contributed by atoms with E-state index in [1.807, 2.05) is 0 Å². The number of aryl methyl sites for hydroxylation is 1. The van der Waals surface area contributed by atoms with Gasteiger partial charge < -0.3 is 0 Å². The first-order valence-corrected chi connectivity index (χ1v) is 11.0. The third-order valence-electron chi connectivity index (χ3n) is 6.97. The molecule has 0 N–H and O–H groups in total. The highest BCUT2D eigenvalue weighted by Gasteiger charge is 2.36. The van der Waals surface area contributed by atoms with Gasteiger partial charge in [0.25, 0.3) is 0 Å². The Bertz CT molecular complexity index is 1020. The van der Waals surface area contributed by atoms with E-state index in [1.165, 1.54) is 63.4 Å². The second-order valence-electron chi connectivity index (χ2n) is 8.41. The summed E-state index contributed by atoms with van der Waals surface area (Å²) in [6, 6.07) is 20.9. The Morgan fingerprint density at radius 3 is 2.39 bits per heavy atom. The van der Waals surface area contributed by atoms with Crippen LogP contribution in [0.4, 0.5) is 0 Å². The fourth-order valence-electron chi connectivity index (χ4n) is 5.18. The fourth-order valence-corrected chi connectivity index (χ4v) is 5.18. The molecule has 4 rings (SSSR count). The Hall–Kier alpha value is -2.34. The quantitative estimate of drug-likeness (QED) is 0.400. The minimum atomic E-state index is 0.0775. The van der Waals surface area contributed by atoms with Crippen molar-refractivity contribution in [2.24, 2.45) is 0 Å². The minimum Gasteiger partial charge on any atom is -0.0986 e. The summed E-state index contributed by atoms with van der Waals surface area (Å²) in [6.45, 7) is 11.5. The molecule has 28 heavy (non-hydrogen) atoms. The van der Waals surface area contributed by atoms with Crippen molar-refractivity contribution >= 4 is 10.8 Å². The molecule has 144 valence electrons. The lowest BCUT2D eigenvalue weighted by molar-refractivity contribution is 0.463. The van der Waals surface area contributed by atoms with Crippen molar-refractivity contribution in [1.82, 2.24) is 0 Å². The lowest BCUT2D eigenvalue weighted by atomic mass is 9.69. The monoisotopic (exact) mass is 368 g/mol. The Morgan fingerprint density at radius 1 is 0.857 bits per heavy atom. The van der Waals surface area contributed by atoms with Crippen molar-refractivity contribution in [3.8, 4) is 11.1 Å². The third-order valence-corrected chi connectivity index (χ3v) is 6.97. The second-order valence-corrected chi connectivity index (χ2v) is 8.41. The van der Waals surface area contributed by atoms with Gasteiger partial charge in [-0.1, -0.05) is 87.9 Å². The van der Waals surface area contributed by atoms with Gasteiger partial charge in [0.2, 0.25) is 0 Å². The number of hydrogen-bond donors (Lipinski definition) is 0. The van der Waals surface area contributed by atoms with E-state index in [0.29, 0.717) is 0 Å². The van der Waals surface area contributed by atoms with Crippen LogP contribution in [0.3, 0.4) is 0 Å². The molecule has 0 bridgehead atoms. The second kappa shape index (κ2) is 7.59. The summed E-state index contributed by atoms with van der Waals surface area (Å²) in [4.78, 5) is 0. The molecule has 0 radical (unpaired) electrons. The predicted molar refractivity (Wildman–Crippen MR) is 123 cm³/mol. The molecule has 0 heteroatoms. The Kier molecular flexibility index (Phi) is 5.15. The highest BCUT2D eigenvalue weighted by atomic mass is 14.4. The maximum atomic E-state index is 4.61. The normalized spacial score (nSPS) is 15.2. The molecule has 0 unspecified atom stereocenters. The van der Waals surface area contributed by atoms with Crippen molar-refractivity contribution in [1.29, 1.82) is 0 Å². The Balaban J connectivity index is 1.93. The molecule has 0 saturated carbocycles. The molecular weight excluding hydrogens is 336 g/mol. The molecule has 0 heterocycles. The first kappa shape index (κ1) is 19.0. The number of allylic oxidation sites excluding steroid dienone is 1. The molecule has 0 aromatic heterocycles. The summed E-state index contributed by atoms with van der Waals surface area (Å²) in [5.41, 5.74) is 8.59. The largest absolute Gasteiger partial charge is 0.0986 e. The number of fused-ring (bicyclic) bond motifs is 4. The molecule has 0 amide bonds. The SMILES string of the molecule is C=C1Cc2cc3cc(CCCC)ccc3cc2-c2ccccc2C1(CC)CC. The van der Waals surface area contributed by atoms with Crippen molar-refractivity contribution in [2.45, 2.75) is 64.7 Å². The summed E-state index contributed by atoms with van der Waals surface area (Å²) in [5.74, 6) is 0. The number of hydrogen-bond acceptors (Lipinski definition) is 0. The average molecular weight is 369 g/mol. The van der Waals surface area contributed by atoms with E-state index in [4.69, 9.17) is 0 Å². The molecule has 1 aliphatic rings. The van der Waals surface area contributed by atoms with Gasteiger partial charge in [0, 0.05) is 5.41 Å². The van der Waals surface area contributed by atoms with E-state index in [1.54, 1.807) is 0 Å². The summed E-state index contributed by atoms with van der Waals surface area (Å²) < 4.78 is 0. The van der Waals surface area contributed by atoms with Gasteiger partial charge in [-0.25, -0.2) is 0 Å². The highest BCUT2D eigenvalue weighted by Crippen LogP contribution is 2.48. The Labute approximate surface area is 170 Å². The third kappa shape index (κ3) is 3.00. The molecule has 0 spiro atoms. The van der Waals surface area contributed by atoms with Crippen LogP contribution in [0, 0.1) is 0 Å². The maximum absolute atomic E-state index is 4.61. The van der Waals surface area contributed by atoms with Gasteiger partial charge in [-0.05, 0) is 76.8 Å². The van der Waals surface area contributed by atoms with Crippen LogP contribution in [0.2, 0.25) is 0 Å². The van der Waals surface area contributed by atoms with E-state index < -0.39 is 0 Å². The van der Waals surface area contributed by atoms with E-state index in [0.717, 1.165) is 19.3 Å². The van der Waals surface area contributed by atoms with Crippen LogP contribution in [0.15, 0.2) is 66.7 Å². The fraction of sp³-hybridized carbons (Fsp3) is 0.357. The van der Waals surface area contributed by atoms with Crippen LogP contribution in [-0.4, -0.2) is 0 Å². The number of rotatable bonds is 5. The van der Waals surface area contributed by atoms with Crippen molar-refractivity contribution in [3.63, 3.8) is 0 Å². The number of benzene rings is 3. The lowest BCUT2D eigenvalue weighted by Crippen LogP contribution is -2.27. The summed E-state index contributed by atoms with van der Waals surface area (Å²) in [6.07, 6.45) is 6.86. The van der Waals surface area contributed by atoms with Gasteiger partial charge in [0.1, 0.15) is 0 Å². The molecule has 0 fully saturated rings. The van der Waals surface area contributed by atoms with Crippen LogP contribution in [0.5, 0.6) is 0 Å². The smallest absolute Gasteiger partial charge is 0.0163 e. The minimum absolute atomic E-state index is 0.0775. The molecule has 0 nitrogen and oxygen atoms in total. The zero-order valence-corrected chi connectivity index (χ0v) is 17.6. The molecule has 0 aliphatic heterocycles. The highest BCUT2D eigenvalue weighted by molar-refractivity contribution is 5.91. The average Bonchev–Trinajstić information content (AvgIpc) is 2.82. The molecular formula is C28H32. The van der Waals surface area contributed by atoms with Crippen LogP contribution < -0.4 is 0 Å². The van der Waals surface area contributed by atoms with Crippen LogP contribution >= 0.6 is 0 Å². The van der Waals surface area contributed by atoms with E-state index in [-0.39, 0.29) is 5.41 Å². The lowest BCUT2D eigenvalue weighted by Gasteiger charge is -2.34. The van der Waals surface area contributed by atoms with Gasteiger partial charge in [0.05, 0.1) is 0 Å². The maximum Gasteiger partial charge on any atom is 0.0163 e. The summed E-state index contributed by atoms with van der Waals surface area (Å²) >= 11 is 0. The van der Waals surface area contributed by atoms with Crippen molar-refractivity contribution in [2.75, 3.05) is 0 Å². The van der Waals surface area contributed by atoms with E-state index in [2.05, 4.69) is 81.9 Å². The zero-order valence-electron chi connectivity index (χ0n) is 17.6. The number of unbranched alkanes of at least 4 members (excludes halogenated alkanes) is 1. The van der Waals surface area contributed by atoms with Crippen molar-refractivity contribution < 1.29 is 0 Å². The first-order chi connectivity index (χ1) is 13.6. The summed E-state index contributed by atoms with van der Waals surface area (Å²) in [7, 11) is 0. The van der Waals surface area contributed by atoms with Gasteiger partial charge >= 0.3 is 0 Å². The first-order valence-electron chi connectivity index (χ1n) is 11.0. The van der Waals surface area contributed by atoms with Crippen LogP contribution in [0.1, 0.15) is 63.1 Å². The van der Waals surface area contributed by atoms with Gasteiger partial charge in [-0.2, -0.15) is 0 Å².